The van der Waals surface area contributed by atoms with E-state index in [1.54, 1.807) is 31.4 Å². The van der Waals surface area contributed by atoms with Gasteiger partial charge in [0.1, 0.15) is 23.9 Å². The van der Waals surface area contributed by atoms with Crippen molar-refractivity contribution in [3.8, 4) is 17.2 Å². The van der Waals surface area contributed by atoms with Gasteiger partial charge in [-0.3, -0.25) is 0 Å². The molecule has 3 aromatic carbocycles. The summed E-state index contributed by atoms with van der Waals surface area (Å²) in [5, 5.41) is 0. The minimum Gasteiger partial charge on any atom is -0.497 e. The molecule has 4 heteroatoms. The van der Waals surface area contributed by atoms with E-state index in [1.807, 2.05) is 54.6 Å². The number of carbonyl (C=O) groups excluding carboxylic acids is 1. The number of hydrogen-bond acceptors (Lipinski definition) is 4. The van der Waals surface area contributed by atoms with Crippen LogP contribution >= 0.6 is 0 Å². The average Bonchev–Trinajstić information content (AvgIpc) is 2.67. The maximum atomic E-state index is 12.2. The maximum Gasteiger partial charge on any atom is 0.338 e. The van der Waals surface area contributed by atoms with Crippen LogP contribution in [0.1, 0.15) is 15.9 Å². The summed E-state index contributed by atoms with van der Waals surface area (Å²) in [4.78, 5) is 12.2. The van der Waals surface area contributed by atoms with Gasteiger partial charge in [0.05, 0.1) is 12.7 Å². The van der Waals surface area contributed by atoms with Crippen molar-refractivity contribution in [1.82, 2.24) is 0 Å². The summed E-state index contributed by atoms with van der Waals surface area (Å²) in [6.45, 7) is 0.169. The minimum absolute atomic E-state index is 0.169. The van der Waals surface area contributed by atoms with Crippen LogP contribution in [0.3, 0.4) is 0 Å². The second-order valence-corrected chi connectivity index (χ2v) is 5.37. The standard InChI is InChI=1S/C21H18O4/c1-23-19-11-6-8-17(14-19)21(22)24-15-16-7-5-12-20(13-16)25-18-9-3-2-4-10-18/h2-14H,15H2,1H3. The first-order valence-corrected chi connectivity index (χ1v) is 7.87. The van der Waals surface area contributed by atoms with Crippen LogP contribution in [-0.4, -0.2) is 13.1 Å². The van der Waals surface area contributed by atoms with Gasteiger partial charge in [0.15, 0.2) is 0 Å². The van der Waals surface area contributed by atoms with Crippen molar-refractivity contribution >= 4 is 5.97 Å². The van der Waals surface area contributed by atoms with Gasteiger partial charge in [-0.05, 0) is 48.0 Å². The first-order chi connectivity index (χ1) is 12.2. The van der Waals surface area contributed by atoms with E-state index in [2.05, 4.69) is 0 Å². The number of benzene rings is 3. The van der Waals surface area contributed by atoms with Crippen molar-refractivity contribution in [2.45, 2.75) is 6.61 Å². The van der Waals surface area contributed by atoms with Crippen LogP contribution in [0.15, 0.2) is 78.9 Å². The van der Waals surface area contributed by atoms with Gasteiger partial charge in [0.25, 0.3) is 0 Å². The van der Waals surface area contributed by atoms with Gasteiger partial charge >= 0.3 is 5.97 Å². The van der Waals surface area contributed by atoms with Crippen molar-refractivity contribution in [2.75, 3.05) is 7.11 Å². The van der Waals surface area contributed by atoms with Gasteiger partial charge in [0.2, 0.25) is 0 Å². The molecule has 4 nitrogen and oxygen atoms in total. The van der Waals surface area contributed by atoms with E-state index in [0.717, 1.165) is 11.3 Å². The molecule has 3 aromatic rings. The fraction of sp³-hybridized carbons (Fsp3) is 0.0952. The first-order valence-electron chi connectivity index (χ1n) is 7.87. The topological polar surface area (TPSA) is 44.8 Å². The summed E-state index contributed by atoms with van der Waals surface area (Å²) in [5.74, 6) is 1.68. The normalized spacial score (nSPS) is 10.1. The number of para-hydroxylation sites is 1. The molecule has 0 N–H and O–H groups in total. The average molecular weight is 334 g/mol. The quantitative estimate of drug-likeness (QED) is 0.605. The van der Waals surface area contributed by atoms with Gasteiger partial charge in [-0.25, -0.2) is 4.79 Å². The third-order valence-electron chi connectivity index (χ3n) is 3.55. The van der Waals surface area contributed by atoms with E-state index < -0.39 is 5.97 Å². The molecule has 0 radical (unpaired) electrons. The number of rotatable bonds is 6. The lowest BCUT2D eigenvalue weighted by Gasteiger charge is -2.09. The Morgan fingerprint density at radius 1 is 0.800 bits per heavy atom. The zero-order chi connectivity index (χ0) is 17.5. The van der Waals surface area contributed by atoms with Gasteiger partial charge < -0.3 is 14.2 Å². The molecule has 0 saturated carbocycles. The van der Waals surface area contributed by atoms with Crippen LogP contribution in [0, 0.1) is 0 Å². The van der Waals surface area contributed by atoms with Crippen molar-refractivity contribution in [2.24, 2.45) is 0 Å². The van der Waals surface area contributed by atoms with E-state index in [-0.39, 0.29) is 6.61 Å². The summed E-state index contributed by atoms with van der Waals surface area (Å²) >= 11 is 0. The second-order valence-electron chi connectivity index (χ2n) is 5.37. The monoisotopic (exact) mass is 334 g/mol. The van der Waals surface area contributed by atoms with E-state index >= 15 is 0 Å². The number of methoxy groups -OCH3 is 1. The summed E-state index contributed by atoms with van der Waals surface area (Å²) in [7, 11) is 1.56. The van der Waals surface area contributed by atoms with Crippen LogP contribution in [0.4, 0.5) is 0 Å². The number of ether oxygens (including phenoxy) is 3. The van der Waals surface area contributed by atoms with Crippen molar-refractivity contribution < 1.29 is 19.0 Å². The molecule has 3 rings (SSSR count). The van der Waals surface area contributed by atoms with Crippen molar-refractivity contribution in [3.05, 3.63) is 90.0 Å². The molecule has 0 bridgehead atoms. The summed E-state index contributed by atoms with van der Waals surface area (Å²) in [5.41, 5.74) is 1.31. The molecule has 0 aliphatic heterocycles. The predicted molar refractivity (Wildman–Crippen MR) is 95.1 cm³/mol. The van der Waals surface area contributed by atoms with Crippen LogP contribution in [0.5, 0.6) is 17.2 Å². The Morgan fingerprint density at radius 3 is 2.32 bits per heavy atom. The lowest BCUT2D eigenvalue weighted by molar-refractivity contribution is 0.0472. The summed E-state index contributed by atoms with van der Waals surface area (Å²) in [6, 6.07) is 23.9. The van der Waals surface area contributed by atoms with Crippen LogP contribution in [-0.2, 0) is 11.3 Å². The van der Waals surface area contributed by atoms with E-state index in [1.165, 1.54) is 0 Å². The van der Waals surface area contributed by atoms with Gasteiger partial charge in [-0.15, -0.1) is 0 Å². The van der Waals surface area contributed by atoms with Crippen LogP contribution in [0.25, 0.3) is 0 Å². The lowest BCUT2D eigenvalue weighted by atomic mass is 10.2. The number of carbonyl (C=O) groups is 1. The molecule has 25 heavy (non-hydrogen) atoms. The zero-order valence-corrected chi connectivity index (χ0v) is 13.8. The Kier molecular flexibility index (Phi) is 5.32. The highest BCUT2D eigenvalue weighted by molar-refractivity contribution is 5.89. The Morgan fingerprint density at radius 2 is 1.52 bits per heavy atom. The third-order valence-corrected chi connectivity index (χ3v) is 3.55. The molecule has 0 amide bonds. The highest BCUT2D eigenvalue weighted by Crippen LogP contribution is 2.22. The molecular weight excluding hydrogens is 316 g/mol. The Balaban J connectivity index is 1.63. The second kappa shape index (κ2) is 8.02. The zero-order valence-electron chi connectivity index (χ0n) is 13.8. The molecule has 126 valence electrons. The van der Waals surface area contributed by atoms with Crippen LogP contribution in [0.2, 0.25) is 0 Å². The molecule has 0 heterocycles. The number of hydrogen-bond donors (Lipinski definition) is 0. The highest BCUT2D eigenvalue weighted by atomic mass is 16.5. The van der Waals surface area contributed by atoms with Gasteiger partial charge in [0, 0.05) is 0 Å². The molecular formula is C21H18O4. The smallest absolute Gasteiger partial charge is 0.338 e. The molecule has 0 spiro atoms. The summed E-state index contributed by atoms with van der Waals surface area (Å²) in [6.07, 6.45) is 0. The van der Waals surface area contributed by atoms with Crippen LogP contribution < -0.4 is 9.47 Å². The number of esters is 1. The summed E-state index contributed by atoms with van der Waals surface area (Å²) < 4.78 is 16.3. The first kappa shape index (κ1) is 16.6. The fourth-order valence-corrected chi connectivity index (χ4v) is 2.31. The van der Waals surface area contributed by atoms with E-state index in [0.29, 0.717) is 17.1 Å². The van der Waals surface area contributed by atoms with Gasteiger partial charge in [-0.2, -0.15) is 0 Å². The molecule has 0 atom stereocenters. The highest BCUT2D eigenvalue weighted by Gasteiger charge is 2.09. The predicted octanol–water partition coefficient (Wildman–Crippen LogP) is 4.84. The Labute approximate surface area is 146 Å². The Bertz CT molecular complexity index is 843. The largest absolute Gasteiger partial charge is 0.497 e. The third kappa shape index (κ3) is 4.61. The van der Waals surface area contributed by atoms with Crippen molar-refractivity contribution in [3.63, 3.8) is 0 Å². The SMILES string of the molecule is COc1cccc(C(=O)OCc2cccc(Oc3ccccc3)c2)c1. The molecule has 0 aliphatic carbocycles. The fourth-order valence-electron chi connectivity index (χ4n) is 2.31. The molecule has 0 fully saturated rings. The minimum atomic E-state index is -0.395. The van der Waals surface area contributed by atoms with Crippen molar-refractivity contribution in [1.29, 1.82) is 0 Å². The Hall–Kier alpha value is -3.27. The molecule has 0 saturated heterocycles. The van der Waals surface area contributed by atoms with E-state index in [9.17, 15) is 4.79 Å². The molecule has 0 unspecified atom stereocenters. The maximum absolute atomic E-state index is 12.2. The molecule has 0 aliphatic rings. The molecule has 0 aromatic heterocycles. The lowest BCUT2D eigenvalue weighted by Crippen LogP contribution is -2.05. The van der Waals surface area contributed by atoms with Gasteiger partial charge in [-0.1, -0.05) is 36.4 Å². The van der Waals surface area contributed by atoms with E-state index in [4.69, 9.17) is 14.2 Å².